The third kappa shape index (κ3) is 3.05. The molecule has 2 saturated heterocycles. The number of hydrogen-bond acceptors (Lipinski definition) is 4. The molecule has 2 bridgehead atoms. The molecule has 0 aromatic carbocycles. The average Bonchev–Trinajstić information content (AvgIpc) is 2.65. The number of aryl methyl sites for hydroxylation is 2. The van der Waals surface area contributed by atoms with E-state index in [0.29, 0.717) is 39.3 Å². The Morgan fingerprint density at radius 1 is 1.25 bits per heavy atom. The van der Waals surface area contributed by atoms with Gasteiger partial charge in [0, 0.05) is 38.8 Å². The number of aromatic nitrogens is 2. The molecule has 7 heteroatoms. The van der Waals surface area contributed by atoms with Crippen LogP contribution < -0.4 is 0 Å². The summed E-state index contributed by atoms with van der Waals surface area (Å²) in [4.78, 5) is 28.6. The van der Waals surface area contributed by atoms with Gasteiger partial charge in [-0.25, -0.2) is 0 Å². The Morgan fingerprint density at radius 2 is 2.00 bits per heavy atom. The van der Waals surface area contributed by atoms with E-state index in [9.17, 15) is 9.59 Å². The van der Waals surface area contributed by atoms with Crippen molar-refractivity contribution in [1.82, 2.24) is 19.6 Å². The zero-order chi connectivity index (χ0) is 17.4. The van der Waals surface area contributed by atoms with Crippen LogP contribution >= 0.6 is 0 Å². The number of ether oxygens (including phenoxy) is 1. The number of rotatable bonds is 3. The highest BCUT2D eigenvalue weighted by Gasteiger charge is 2.38. The zero-order valence-corrected chi connectivity index (χ0v) is 14.9. The maximum absolute atomic E-state index is 12.7. The van der Waals surface area contributed by atoms with Crippen molar-refractivity contribution in [2.75, 3.05) is 33.4 Å². The molecule has 132 valence electrons. The van der Waals surface area contributed by atoms with Gasteiger partial charge in [-0.1, -0.05) is 0 Å². The molecule has 1 aromatic heterocycles. The number of amides is 2. The van der Waals surface area contributed by atoms with E-state index in [1.807, 2.05) is 30.4 Å². The number of fused-ring (bicyclic) bond motifs is 3. The Balaban J connectivity index is 1.67. The number of likely N-dealkylation sites (N-methyl/N-ethyl adjacent to an activating group) is 1. The van der Waals surface area contributed by atoms with Gasteiger partial charge in [0.15, 0.2) is 0 Å². The highest BCUT2D eigenvalue weighted by molar-refractivity contribution is 5.82. The molecule has 0 saturated carbocycles. The molecule has 0 aliphatic carbocycles. The second kappa shape index (κ2) is 6.55. The van der Waals surface area contributed by atoms with Gasteiger partial charge in [0.1, 0.15) is 0 Å². The van der Waals surface area contributed by atoms with Crippen molar-refractivity contribution < 1.29 is 14.3 Å². The number of hydrogen-bond donors (Lipinski definition) is 0. The maximum atomic E-state index is 12.7. The lowest BCUT2D eigenvalue weighted by atomic mass is 10.1. The Hall–Kier alpha value is -1.89. The smallest absolute Gasteiger partial charge is 0.229 e. The molecule has 0 spiro atoms. The third-order valence-corrected chi connectivity index (χ3v) is 5.38. The predicted octanol–water partition coefficient (Wildman–Crippen LogP) is 0.514. The molecule has 2 aliphatic heterocycles. The summed E-state index contributed by atoms with van der Waals surface area (Å²) in [5, 5.41) is 4.49. The molecule has 2 atom stereocenters. The van der Waals surface area contributed by atoms with Crippen molar-refractivity contribution >= 4 is 11.8 Å². The average molecular weight is 334 g/mol. The molecule has 2 fully saturated rings. The van der Waals surface area contributed by atoms with Gasteiger partial charge in [0.25, 0.3) is 0 Å². The molecule has 1 aromatic rings. The summed E-state index contributed by atoms with van der Waals surface area (Å²) >= 11 is 0. The summed E-state index contributed by atoms with van der Waals surface area (Å²) in [6.45, 7) is 8.54. The van der Waals surface area contributed by atoms with Crippen LogP contribution in [0.25, 0.3) is 0 Å². The minimum atomic E-state index is -0.248. The fourth-order valence-electron chi connectivity index (χ4n) is 3.47. The standard InChI is InChI=1S/C17H26N4O3/c1-11-12(2)18-21(13(11)3)6-5-16(22)20-7-14-9-24-10-15(8-20)19(4)17(14)23/h14-15H,5-10H2,1-4H3/t14-,15+/m1/s1. The third-order valence-electron chi connectivity index (χ3n) is 5.38. The van der Waals surface area contributed by atoms with Crippen molar-refractivity contribution in [3.05, 3.63) is 17.0 Å². The van der Waals surface area contributed by atoms with Crippen LogP contribution in [0, 0.1) is 26.7 Å². The highest BCUT2D eigenvalue weighted by atomic mass is 16.5. The molecular weight excluding hydrogens is 308 g/mol. The van der Waals surface area contributed by atoms with Crippen LogP contribution in [0.3, 0.4) is 0 Å². The van der Waals surface area contributed by atoms with Gasteiger partial charge in [-0.2, -0.15) is 5.10 Å². The lowest BCUT2D eigenvalue weighted by Crippen LogP contribution is -2.45. The Kier molecular flexibility index (Phi) is 4.62. The van der Waals surface area contributed by atoms with E-state index in [4.69, 9.17) is 4.74 Å². The largest absolute Gasteiger partial charge is 0.378 e. The summed E-state index contributed by atoms with van der Waals surface area (Å²) in [5.41, 5.74) is 3.29. The monoisotopic (exact) mass is 334 g/mol. The first-order valence-corrected chi connectivity index (χ1v) is 8.51. The summed E-state index contributed by atoms with van der Waals surface area (Å²) in [6, 6.07) is -0.0510. The van der Waals surface area contributed by atoms with Gasteiger partial charge >= 0.3 is 0 Å². The van der Waals surface area contributed by atoms with Gasteiger partial charge in [-0.05, 0) is 26.3 Å². The minimum Gasteiger partial charge on any atom is -0.378 e. The molecule has 0 radical (unpaired) electrons. The van der Waals surface area contributed by atoms with E-state index >= 15 is 0 Å². The second-order valence-electron chi connectivity index (χ2n) is 6.91. The second-order valence-corrected chi connectivity index (χ2v) is 6.91. The molecule has 24 heavy (non-hydrogen) atoms. The Morgan fingerprint density at radius 3 is 2.67 bits per heavy atom. The number of carbonyl (C=O) groups is 2. The van der Waals surface area contributed by atoms with Crippen LogP contribution in [0.2, 0.25) is 0 Å². The van der Waals surface area contributed by atoms with E-state index in [-0.39, 0.29) is 23.8 Å². The lowest BCUT2D eigenvalue weighted by Gasteiger charge is -2.29. The molecule has 2 amide bonds. The van der Waals surface area contributed by atoms with Crippen LogP contribution in [0.4, 0.5) is 0 Å². The van der Waals surface area contributed by atoms with Crippen molar-refractivity contribution in [2.45, 2.75) is 39.8 Å². The van der Waals surface area contributed by atoms with E-state index in [1.54, 1.807) is 11.9 Å². The summed E-state index contributed by atoms with van der Waals surface area (Å²) in [7, 11) is 1.81. The van der Waals surface area contributed by atoms with Crippen molar-refractivity contribution in [3.63, 3.8) is 0 Å². The van der Waals surface area contributed by atoms with Crippen LogP contribution in [0.15, 0.2) is 0 Å². The molecule has 0 N–H and O–H groups in total. The first-order valence-electron chi connectivity index (χ1n) is 8.51. The topological polar surface area (TPSA) is 67.7 Å². The zero-order valence-electron chi connectivity index (χ0n) is 14.9. The van der Waals surface area contributed by atoms with E-state index in [1.165, 1.54) is 5.56 Å². The van der Waals surface area contributed by atoms with Gasteiger partial charge in [-0.3, -0.25) is 14.3 Å². The molecule has 7 nitrogen and oxygen atoms in total. The SMILES string of the molecule is Cc1nn(CCC(=O)N2C[C@@H]3COC[C@H](C2)N(C)C3=O)c(C)c1C. The maximum Gasteiger partial charge on any atom is 0.229 e. The summed E-state index contributed by atoms with van der Waals surface area (Å²) in [6.07, 6.45) is 0.402. The van der Waals surface area contributed by atoms with Crippen LogP contribution in [0.1, 0.15) is 23.4 Å². The first-order chi connectivity index (χ1) is 11.4. The summed E-state index contributed by atoms with van der Waals surface area (Å²) in [5.74, 6) is -0.0791. The summed E-state index contributed by atoms with van der Waals surface area (Å²) < 4.78 is 7.48. The highest BCUT2D eigenvalue weighted by Crippen LogP contribution is 2.20. The van der Waals surface area contributed by atoms with Crippen LogP contribution in [-0.4, -0.2) is 70.8 Å². The van der Waals surface area contributed by atoms with Crippen LogP contribution in [-0.2, 0) is 20.9 Å². The molecular formula is C17H26N4O3. The van der Waals surface area contributed by atoms with Gasteiger partial charge in [0.05, 0.1) is 30.9 Å². The fourth-order valence-corrected chi connectivity index (χ4v) is 3.47. The Bertz CT molecular complexity index is 655. The van der Waals surface area contributed by atoms with E-state index in [0.717, 1.165) is 11.4 Å². The molecule has 2 aliphatic rings. The van der Waals surface area contributed by atoms with Gasteiger partial charge in [-0.15, -0.1) is 0 Å². The normalized spacial score (nSPS) is 24.2. The molecule has 0 unspecified atom stereocenters. The minimum absolute atomic E-state index is 0.0510. The fraction of sp³-hybridized carbons (Fsp3) is 0.706. The van der Waals surface area contributed by atoms with Gasteiger partial charge < -0.3 is 14.5 Å². The van der Waals surface area contributed by atoms with Gasteiger partial charge in [0.2, 0.25) is 11.8 Å². The quantitative estimate of drug-likeness (QED) is 0.808. The molecule has 3 heterocycles. The number of nitrogens with zero attached hydrogens (tertiary/aromatic N) is 4. The lowest BCUT2D eigenvalue weighted by molar-refractivity contribution is -0.134. The van der Waals surface area contributed by atoms with Crippen molar-refractivity contribution in [1.29, 1.82) is 0 Å². The molecule has 3 rings (SSSR count). The van der Waals surface area contributed by atoms with Crippen LogP contribution in [0.5, 0.6) is 0 Å². The predicted molar refractivity (Wildman–Crippen MR) is 88.5 cm³/mol. The van der Waals surface area contributed by atoms with E-state index in [2.05, 4.69) is 5.10 Å². The Labute approximate surface area is 142 Å². The van der Waals surface area contributed by atoms with E-state index < -0.39 is 0 Å². The first kappa shape index (κ1) is 17.0. The van der Waals surface area contributed by atoms with Crippen molar-refractivity contribution in [2.24, 2.45) is 5.92 Å². The number of carbonyl (C=O) groups excluding carboxylic acids is 2. The van der Waals surface area contributed by atoms with Crippen molar-refractivity contribution in [3.8, 4) is 0 Å².